The lowest BCUT2D eigenvalue weighted by Crippen LogP contribution is -1.93. The molecule has 1 N–H and O–H groups in total. The summed E-state index contributed by atoms with van der Waals surface area (Å²) in [5.74, 6) is 1.36. The minimum Gasteiger partial charge on any atom is -0.497 e. The molecule has 0 unspecified atom stereocenters. The molecule has 19 heavy (non-hydrogen) atoms. The largest absolute Gasteiger partial charge is 0.497 e. The van der Waals surface area contributed by atoms with Gasteiger partial charge in [0.05, 0.1) is 25.8 Å². The highest BCUT2D eigenvalue weighted by molar-refractivity contribution is 6.33. The Balaban J connectivity index is 2.47. The number of aliphatic hydroxyl groups is 1. The third kappa shape index (κ3) is 2.83. The Bertz CT molecular complexity index is 582. The average Bonchev–Trinajstić information content (AvgIpc) is 2.46. The van der Waals surface area contributed by atoms with E-state index in [9.17, 15) is 5.11 Å². The van der Waals surface area contributed by atoms with Crippen molar-refractivity contribution in [3.05, 3.63) is 47.0 Å². The van der Waals surface area contributed by atoms with Crippen molar-refractivity contribution in [2.45, 2.75) is 6.61 Å². The van der Waals surface area contributed by atoms with E-state index in [4.69, 9.17) is 21.1 Å². The molecule has 0 heterocycles. The van der Waals surface area contributed by atoms with Gasteiger partial charge in [-0.25, -0.2) is 0 Å². The number of methoxy groups -OCH3 is 2. The summed E-state index contributed by atoms with van der Waals surface area (Å²) in [5, 5.41) is 9.82. The minimum absolute atomic E-state index is 0.0558. The van der Waals surface area contributed by atoms with E-state index in [0.29, 0.717) is 16.5 Å². The van der Waals surface area contributed by atoms with E-state index in [-0.39, 0.29) is 6.61 Å². The molecule has 2 rings (SSSR count). The molecule has 0 atom stereocenters. The van der Waals surface area contributed by atoms with Gasteiger partial charge in [-0.2, -0.15) is 0 Å². The summed E-state index contributed by atoms with van der Waals surface area (Å²) in [4.78, 5) is 0. The second-order valence-electron chi connectivity index (χ2n) is 4.03. The highest BCUT2D eigenvalue weighted by atomic mass is 35.5. The zero-order valence-corrected chi connectivity index (χ0v) is 11.6. The first-order chi connectivity index (χ1) is 9.19. The first kappa shape index (κ1) is 13.7. The van der Waals surface area contributed by atoms with E-state index in [1.807, 2.05) is 30.3 Å². The van der Waals surface area contributed by atoms with Crippen LogP contribution in [-0.2, 0) is 6.61 Å². The van der Waals surface area contributed by atoms with Crippen LogP contribution in [0, 0.1) is 0 Å². The molecule has 4 heteroatoms. The van der Waals surface area contributed by atoms with Crippen molar-refractivity contribution >= 4 is 11.6 Å². The summed E-state index contributed by atoms with van der Waals surface area (Å²) in [6.45, 7) is -0.0558. The highest BCUT2D eigenvalue weighted by Crippen LogP contribution is 2.34. The number of aliphatic hydroxyl groups excluding tert-OH is 1. The van der Waals surface area contributed by atoms with E-state index in [0.717, 1.165) is 16.7 Å². The van der Waals surface area contributed by atoms with E-state index in [1.165, 1.54) is 0 Å². The number of benzene rings is 2. The number of ether oxygens (including phenoxy) is 2. The summed E-state index contributed by atoms with van der Waals surface area (Å²) < 4.78 is 10.4. The highest BCUT2D eigenvalue weighted by Gasteiger charge is 2.09. The van der Waals surface area contributed by atoms with Crippen molar-refractivity contribution in [1.82, 2.24) is 0 Å². The normalized spacial score (nSPS) is 10.3. The van der Waals surface area contributed by atoms with Crippen LogP contribution in [0.4, 0.5) is 0 Å². The van der Waals surface area contributed by atoms with Crippen LogP contribution in [0.1, 0.15) is 5.56 Å². The van der Waals surface area contributed by atoms with Crippen LogP contribution in [0.5, 0.6) is 11.5 Å². The van der Waals surface area contributed by atoms with E-state index >= 15 is 0 Å². The Morgan fingerprint density at radius 2 is 1.84 bits per heavy atom. The van der Waals surface area contributed by atoms with Gasteiger partial charge in [0.2, 0.25) is 0 Å². The van der Waals surface area contributed by atoms with Crippen LogP contribution >= 0.6 is 11.6 Å². The minimum atomic E-state index is -0.0558. The Labute approximate surface area is 117 Å². The van der Waals surface area contributed by atoms with E-state index in [1.54, 1.807) is 20.3 Å². The number of hydrogen-bond donors (Lipinski definition) is 1. The molecule has 0 fully saturated rings. The maximum absolute atomic E-state index is 9.21. The molecule has 0 saturated heterocycles. The van der Waals surface area contributed by atoms with Crippen molar-refractivity contribution in [2.24, 2.45) is 0 Å². The standard InChI is InChI=1S/C15H15ClO3/c1-18-12-5-6-13(14(16)8-12)10-3-4-11(9-17)15(7-10)19-2/h3-8,17H,9H2,1-2H3. The van der Waals surface area contributed by atoms with Gasteiger partial charge in [0.25, 0.3) is 0 Å². The molecule has 0 aliphatic heterocycles. The molecule has 0 aromatic heterocycles. The van der Waals surface area contributed by atoms with Crippen molar-refractivity contribution in [1.29, 1.82) is 0 Å². The first-order valence-corrected chi connectivity index (χ1v) is 6.19. The third-order valence-electron chi connectivity index (χ3n) is 2.94. The van der Waals surface area contributed by atoms with Crippen molar-refractivity contribution in [3.63, 3.8) is 0 Å². The molecule has 0 aliphatic carbocycles. The molecule has 0 bridgehead atoms. The molecular weight excluding hydrogens is 264 g/mol. The van der Waals surface area contributed by atoms with Gasteiger partial charge in [-0.1, -0.05) is 23.7 Å². The maximum atomic E-state index is 9.21. The van der Waals surface area contributed by atoms with Crippen LogP contribution in [0.15, 0.2) is 36.4 Å². The zero-order valence-electron chi connectivity index (χ0n) is 10.8. The Kier molecular flexibility index (Phi) is 4.30. The number of halogens is 1. The van der Waals surface area contributed by atoms with Gasteiger partial charge >= 0.3 is 0 Å². The number of rotatable bonds is 4. The average molecular weight is 279 g/mol. The fourth-order valence-corrected chi connectivity index (χ4v) is 2.18. The Hall–Kier alpha value is -1.71. The van der Waals surface area contributed by atoms with E-state index < -0.39 is 0 Å². The molecule has 100 valence electrons. The second-order valence-corrected chi connectivity index (χ2v) is 4.44. The lowest BCUT2D eigenvalue weighted by atomic mass is 10.0. The van der Waals surface area contributed by atoms with Crippen LogP contribution in [0.25, 0.3) is 11.1 Å². The topological polar surface area (TPSA) is 38.7 Å². The first-order valence-electron chi connectivity index (χ1n) is 5.81. The smallest absolute Gasteiger partial charge is 0.124 e. The lowest BCUT2D eigenvalue weighted by Gasteiger charge is -2.11. The predicted octanol–water partition coefficient (Wildman–Crippen LogP) is 3.52. The van der Waals surface area contributed by atoms with Gasteiger partial charge < -0.3 is 14.6 Å². The quantitative estimate of drug-likeness (QED) is 0.930. The third-order valence-corrected chi connectivity index (χ3v) is 3.26. The molecule has 0 radical (unpaired) electrons. The fraction of sp³-hybridized carbons (Fsp3) is 0.200. The lowest BCUT2D eigenvalue weighted by molar-refractivity contribution is 0.274. The second kappa shape index (κ2) is 5.95. The molecule has 0 saturated carbocycles. The molecule has 3 nitrogen and oxygen atoms in total. The summed E-state index contributed by atoms with van der Waals surface area (Å²) in [6, 6.07) is 11.1. The van der Waals surface area contributed by atoms with Crippen LogP contribution in [-0.4, -0.2) is 19.3 Å². The molecule has 0 amide bonds. The fourth-order valence-electron chi connectivity index (χ4n) is 1.90. The van der Waals surface area contributed by atoms with Crippen LogP contribution < -0.4 is 9.47 Å². The zero-order chi connectivity index (χ0) is 13.8. The van der Waals surface area contributed by atoms with Crippen molar-refractivity contribution < 1.29 is 14.6 Å². The van der Waals surface area contributed by atoms with Gasteiger partial charge in [-0.15, -0.1) is 0 Å². The van der Waals surface area contributed by atoms with Gasteiger partial charge in [0.1, 0.15) is 11.5 Å². The van der Waals surface area contributed by atoms with Crippen LogP contribution in [0.3, 0.4) is 0 Å². The predicted molar refractivity (Wildman–Crippen MR) is 75.9 cm³/mol. The number of hydrogen-bond acceptors (Lipinski definition) is 3. The summed E-state index contributed by atoms with van der Waals surface area (Å²) in [6.07, 6.45) is 0. The van der Waals surface area contributed by atoms with Gasteiger partial charge in [-0.3, -0.25) is 0 Å². The van der Waals surface area contributed by atoms with Crippen LogP contribution in [0.2, 0.25) is 5.02 Å². The summed E-state index contributed by atoms with van der Waals surface area (Å²) >= 11 is 6.24. The molecule has 2 aromatic carbocycles. The van der Waals surface area contributed by atoms with Crippen molar-refractivity contribution in [2.75, 3.05) is 14.2 Å². The van der Waals surface area contributed by atoms with Gasteiger partial charge in [-0.05, 0) is 29.8 Å². The Morgan fingerprint density at radius 1 is 1.05 bits per heavy atom. The monoisotopic (exact) mass is 278 g/mol. The van der Waals surface area contributed by atoms with E-state index in [2.05, 4.69) is 0 Å². The van der Waals surface area contributed by atoms with Gasteiger partial charge in [0, 0.05) is 11.1 Å². The molecular formula is C15H15ClO3. The molecule has 2 aromatic rings. The molecule has 0 spiro atoms. The Morgan fingerprint density at radius 3 is 2.42 bits per heavy atom. The summed E-state index contributed by atoms with van der Waals surface area (Å²) in [5.41, 5.74) is 2.57. The maximum Gasteiger partial charge on any atom is 0.124 e. The van der Waals surface area contributed by atoms with Gasteiger partial charge in [0.15, 0.2) is 0 Å². The summed E-state index contributed by atoms with van der Waals surface area (Å²) in [7, 11) is 3.18. The van der Waals surface area contributed by atoms with Crippen molar-refractivity contribution in [3.8, 4) is 22.6 Å². The molecule has 0 aliphatic rings. The SMILES string of the molecule is COc1ccc(-c2ccc(CO)c(OC)c2)c(Cl)c1.